The fraction of sp³-hybridized carbons (Fsp3) is 0.562. The molecule has 2 rings (SSSR count). The van der Waals surface area contributed by atoms with Gasteiger partial charge in [-0.2, -0.15) is 0 Å². The average Bonchev–Trinajstić information content (AvgIpc) is 2.46. The molecule has 1 heterocycles. The zero-order chi connectivity index (χ0) is 14.5. The number of benzene rings is 1. The monoisotopic (exact) mass is 279 g/mol. The number of hydrogen-bond acceptors (Lipinski definition) is 2. The number of rotatable bonds is 4. The normalized spacial score (nSPS) is 20.6. The second kappa shape index (κ2) is 6.73. The van der Waals surface area contributed by atoms with Crippen molar-refractivity contribution in [3.05, 3.63) is 30.1 Å². The Labute approximate surface area is 119 Å². The van der Waals surface area contributed by atoms with Gasteiger partial charge in [0.2, 0.25) is 0 Å². The van der Waals surface area contributed by atoms with Crippen LogP contribution in [0.3, 0.4) is 0 Å². The van der Waals surface area contributed by atoms with Gasteiger partial charge in [0.25, 0.3) is 5.91 Å². The molecule has 2 atom stereocenters. The molecule has 4 heteroatoms. The summed E-state index contributed by atoms with van der Waals surface area (Å²) in [6, 6.07) is 5.80. The highest BCUT2D eigenvalue weighted by Gasteiger charge is 2.27. The van der Waals surface area contributed by atoms with E-state index in [0.717, 1.165) is 19.5 Å². The Kier molecular flexibility index (Phi) is 4.99. The van der Waals surface area contributed by atoms with Gasteiger partial charge in [0.05, 0.1) is 0 Å². The molecule has 1 aromatic rings. The lowest BCUT2D eigenvalue weighted by molar-refractivity contribution is -0.140. The number of nitrogens with zero attached hydrogens (tertiary/aromatic N) is 1. The van der Waals surface area contributed by atoms with Gasteiger partial charge in [-0.3, -0.25) is 4.79 Å². The zero-order valence-corrected chi connectivity index (χ0v) is 12.1. The van der Waals surface area contributed by atoms with Crippen LogP contribution in [-0.2, 0) is 4.79 Å². The smallest absolute Gasteiger partial charge is 0.263 e. The minimum Gasteiger partial charge on any atom is -0.481 e. The van der Waals surface area contributed by atoms with Crippen molar-refractivity contribution >= 4 is 5.91 Å². The molecule has 20 heavy (non-hydrogen) atoms. The number of hydrogen-bond donors (Lipinski definition) is 0. The fourth-order valence-electron chi connectivity index (χ4n) is 2.58. The summed E-state index contributed by atoms with van der Waals surface area (Å²) in [7, 11) is 0. The van der Waals surface area contributed by atoms with Crippen molar-refractivity contribution in [1.29, 1.82) is 0 Å². The molecule has 1 saturated heterocycles. The molecule has 2 unspecified atom stereocenters. The van der Waals surface area contributed by atoms with E-state index in [2.05, 4.69) is 6.92 Å². The van der Waals surface area contributed by atoms with Gasteiger partial charge in [-0.25, -0.2) is 4.39 Å². The minimum atomic E-state index is -0.481. The Morgan fingerprint density at radius 3 is 2.75 bits per heavy atom. The van der Waals surface area contributed by atoms with E-state index in [1.165, 1.54) is 18.6 Å². The SMILES string of the molecule is CCC(Oc1ccc(F)cc1)C(=O)N1CCCC(C)C1. The maximum Gasteiger partial charge on any atom is 0.263 e. The molecule has 0 saturated carbocycles. The van der Waals surface area contributed by atoms with Gasteiger partial charge < -0.3 is 9.64 Å². The van der Waals surface area contributed by atoms with E-state index in [1.54, 1.807) is 12.1 Å². The maximum atomic E-state index is 12.9. The highest BCUT2D eigenvalue weighted by molar-refractivity contribution is 5.81. The third-order valence-electron chi connectivity index (χ3n) is 3.71. The van der Waals surface area contributed by atoms with Crippen LogP contribution in [0.5, 0.6) is 5.75 Å². The summed E-state index contributed by atoms with van der Waals surface area (Å²) in [4.78, 5) is 14.4. The first-order valence-electron chi connectivity index (χ1n) is 7.31. The molecule has 0 radical (unpaired) electrons. The van der Waals surface area contributed by atoms with E-state index in [-0.39, 0.29) is 11.7 Å². The van der Waals surface area contributed by atoms with Crippen molar-refractivity contribution < 1.29 is 13.9 Å². The van der Waals surface area contributed by atoms with Crippen molar-refractivity contribution in [2.45, 2.75) is 39.2 Å². The second-order valence-electron chi connectivity index (χ2n) is 5.50. The van der Waals surface area contributed by atoms with Crippen LogP contribution in [0.1, 0.15) is 33.1 Å². The van der Waals surface area contributed by atoms with Gasteiger partial charge in [-0.15, -0.1) is 0 Å². The van der Waals surface area contributed by atoms with Crippen LogP contribution in [0.2, 0.25) is 0 Å². The van der Waals surface area contributed by atoms with Crippen molar-refractivity contribution in [3.8, 4) is 5.75 Å². The molecule has 0 spiro atoms. The summed E-state index contributed by atoms with van der Waals surface area (Å²) >= 11 is 0. The van der Waals surface area contributed by atoms with Gasteiger partial charge >= 0.3 is 0 Å². The van der Waals surface area contributed by atoms with Crippen molar-refractivity contribution in [2.75, 3.05) is 13.1 Å². The van der Waals surface area contributed by atoms with E-state index in [1.807, 2.05) is 11.8 Å². The van der Waals surface area contributed by atoms with E-state index >= 15 is 0 Å². The van der Waals surface area contributed by atoms with Crippen LogP contribution in [0.4, 0.5) is 4.39 Å². The summed E-state index contributed by atoms with van der Waals surface area (Å²) in [6.07, 6.45) is 2.37. The molecule has 1 amide bonds. The lowest BCUT2D eigenvalue weighted by atomic mass is 9.99. The molecule has 0 bridgehead atoms. The Bertz CT molecular complexity index is 446. The molecule has 1 aliphatic heterocycles. The third kappa shape index (κ3) is 3.71. The van der Waals surface area contributed by atoms with Crippen LogP contribution in [0, 0.1) is 11.7 Å². The molecule has 1 fully saturated rings. The van der Waals surface area contributed by atoms with Crippen molar-refractivity contribution in [1.82, 2.24) is 4.90 Å². The van der Waals surface area contributed by atoms with Gasteiger partial charge in [-0.05, 0) is 49.4 Å². The highest BCUT2D eigenvalue weighted by Crippen LogP contribution is 2.19. The first kappa shape index (κ1) is 14.8. The number of carbonyl (C=O) groups is 1. The van der Waals surface area contributed by atoms with Crippen LogP contribution in [-0.4, -0.2) is 30.0 Å². The highest BCUT2D eigenvalue weighted by atomic mass is 19.1. The third-order valence-corrected chi connectivity index (χ3v) is 3.71. The average molecular weight is 279 g/mol. The largest absolute Gasteiger partial charge is 0.481 e. The summed E-state index contributed by atoms with van der Waals surface area (Å²) in [6.45, 7) is 5.72. The van der Waals surface area contributed by atoms with Crippen LogP contribution < -0.4 is 4.74 Å². The van der Waals surface area contributed by atoms with Gasteiger partial charge in [0.15, 0.2) is 6.10 Å². The Morgan fingerprint density at radius 1 is 1.45 bits per heavy atom. The molecule has 1 aromatic carbocycles. The van der Waals surface area contributed by atoms with Crippen molar-refractivity contribution in [2.24, 2.45) is 5.92 Å². The van der Waals surface area contributed by atoms with E-state index < -0.39 is 6.10 Å². The quantitative estimate of drug-likeness (QED) is 0.846. The second-order valence-corrected chi connectivity index (χ2v) is 5.50. The Balaban J connectivity index is 2.00. The summed E-state index contributed by atoms with van der Waals surface area (Å²) in [5.41, 5.74) is 0. The zero-order valence-electron chi connectivity index (χ0n) is 12.1. The number of ether oxygens (including phenoxy) is 1. The first-order valence-corrected chi connectivity index (χ1v) is 7.31. The Hall–Kier alpha value is -1.58. The van der Waals surface area contributed by atoms with E-state index in [0.29, 0.717) is 18.1 Å². The minimum absolute atomic E-state index is 0.0448. The van der Waals surface area contributed by atoms with Gasteiger partial charge in [0.1, 0.15) is 11.6 Å². The molecule has 3 nitrogen and oxygen atoms in total. The molecule has 1 aliphatic rings. The molecule has 110 valence electrons. The molecule has 0 N–H and O–H groups in total. The molecular weight excluding hydrogens is 257 g/mol. The number of piperidine rings is 1. The van der Waals surface area contributed by atoms with Gasteiger partial charge in [0, 0.05) is 13.1 Å². The molecule has 0 aromatic heterocycles. The van der Waals surface area contributed by atoms with Crippen molar-refractivity contribution in [3.63, 3.8) is 0 Å². The number of halogens is 1. The maximum absolute atomic E-state index is 12.9. The predicted molar refractivity (Wildman–Crippen MR) is 76.1 cm³/mol. The lowest BCUT2D eigenvalue weighted by Crippen LogP contribution is -2.46. The Morgan fingerprint density at radius 2 is 2.15 bits per heavy atom. The van der Waals surface area contributed by atoms with Crippen LogP contribution in [0.15, 0.2) is 24.3 Å². The molecule has 0 aliphatic carbocycles. The number of carbonyl (C=O) groups excluding carboxylic acids is 1. The fourth-order valence-corrected chi connectivity index (χ4v) is 2.58. The number of amides is 1. The standard InChI is InChI=1S/C16H22FNO2/c1-3-15(20-14-8-6-13(17)7-9-14)16(19)18-10-4-5-12(2)11-18/h6-9,12,15H,3-5,10-11H2,1-2H3. The lowest BCUT2D eigenvalue weighted by Gasteiger charge is -2.33. The summed E-state index contributed by atoms with van der Waals surface area (Å²) in [5, 5.41) is 0. The number of likely N-dealkylation sites (tertiary alicyclic amines) is 1. The topological polar surface area (TPSA) is 29.5 Å². The van der Waals surface area contributed by atoms with Crippen LogP contribution >= 0.6 is 0 Å². The molecular formula is C16H22FNO2. The summed E-state index contributed by atoms with van der Waals surface area (Å²) in [5.74, 6) is 0.831. The summed E-state index contributed by atoms with van der Waals surface area (Å²) < 4.78 is 18.6. The van der Waals surface area contributed by atoms with Crippen LogP contribution in [0.25, 0.3) is 0 Å². The van der Waals surface area contributed by atoms with Gasteiger partial charge in [-0.1, -0.05) is 13.8 Å². The predicted octanol–water partition coefficient (Wildman–Crippen LogP) is 3.24. The van der Waals surface area contributed by atoms with E-state index in [9.17, 15) is 9.18 Å². The first-order chi connectivity index (χ1) is 9.60. The van der Waals surface area contributed by atoms with E-state index in [4.69, 9.17) is 4.74 Å².